The number of halogens is 3. The average Bonchev–Trinajstić information content (AvgIpc) is 3.52. The number of hydrogen-bond donors (Lipinski definition) is 2. The number of aryl methyl sites for hydroxylation is 2. The van der Waals surface area contributed by atoms with Gasteiger partial charge in [0.1, 0.15) is 12.2 Å². The predicted molar refractivity (Wildman–Crippen MR) is 210 cm³/mol. The largest absolute Gasteiger partial charge is 0.406 e. The molecule has 0 spiro atoms. The molecule has 0 bridgehead atoms. The van der Waals surface area contributed by atoms with Gasteiger partial charge in [0.2, 0.25) is 21.9 Å². The van der Waals surface area contributed by atoms with Crippen LogP contribution in [0.5, 0.6) is 0 Å². The van der Waals surface area contributed by atoms with E-state index >= 15 is 0 Å². The van der Waals surface area contributed by atoms with Crippen LogP contribution in [0.3, 0.4) is 0 Å². The quantitative estimate of drug-likeness (QED) is 0.214. The van der Waals surface area contributed by atoms with Crippen LogP contribution in [0.1, 0.15) is 54.7 Å². The summed E-state index contributed by atoms with van der Waals surface area (Å²) in [6.07, 6.45) is -0.333. The number of hydrogen-bond acceptors (Lipinski definition) is 10. The van der Waals surface area contributed by atoms with Crippen LogP contribution >= 0.6 is 0 Å². The first-order valence-corrected chi connectivity index (χ1v) is 20.7. The van der Waals surface area contributed by atoms with E-state index in [4.69, 9.17) is 0 Å². The van der Waals surface area contributed by atoms with Crippen LogP contribution in [0, 0.1) is 6.92 Å². The Bertz CT molecular complexity index is 2580. The van der Waals surface area contributed by atoms with E-state index < -0.39 is 34.3 Å². The number of carbonyl (C=O) groups is 2. The first kappa shape index (κ1) is 39.4. The van der Waals surface area contributed by atoms with E-state index in [1.807, 2.05) is 19.2 Å². The molecule has 0 unspecified atom stereocenters. The molecule has 3 aliphatic rings. The number of imide groups is 1. The van der Waals surface area contributed by atoms with Crippen LogP contribution < -0.4 is 21.1 Å². The summed E-state index contributed by atoms with van der Waals surface area (Å²) in [4.78, 5) is 49.3. The topological polar surface area (TPSA) is 168 Å². The van der Waals surface area contributed by atoms with Crippen molar-refractivity contribution in [3.05, 3.63) is 81.8 Å². The van der Waals surface area contributed by atoms with Crippen LogP contribution in [0.4, 0.5) is 29.7 Å². The highest BCUT2D eigenvalue weighted by Crippen LogP contribution is 2.34. The fourth-order valence-electron chi connectivity index (χ4n) is 8.23. The third-order valence-corrected chi connectivity index (χ3v) is 13.2. The molecule has 306 valence electrons. The summed E-state index contributed by atoms with van der Waals surface area (Å²) in [5.74, 6) is 0.633. The summed E-state index contributed by atoms with van der Waals surface area (Å²) < 4.78 is 71.3. The van der Waals surface area contributed by atoms with E-state index in [2.05, 4.69) is 42.7 Å². The molecule has 3 aromatic heterocycles. The van der Waals surface area contributed by atoms with Gasteiger partial charge in [-0.3, -0.25) is 34.0 Å². The number of alkyl halides is 3. The molecular weight excluding hydrogens is 778 g/mol. The summed E-state index contributed by atoms with van der Waals surface area (Å²) in [6.45, 7) is 2.97. The van der Waals surface area contributed by atoms with Gasteiger partial charge in [-0.2, -0.15) is 27.6 Å². The monoisotopic (exact) mass is 820 g/mol. The Kier molecular flexibility index (Phi) is 10.5. The lowest BCUT2D eigenvalue weighted by atomic mass is 9.89. The number of likely N-dealkylation sites (tertiary alicyclic amines) is 1. The van der Waals surface area contributed by atoms with Crippen molar-refractivity contribution in [3.8, 4) is 0 Å². The molecule has 15 nitrogen and oxygen atoms in total. The summed E-state index contributed by atoms with van der Waals surface area (Å²) in [5.41, 5.74) is 2.25. The number of rotatable bonds is 9. The highest BCUT2D eigenvalue weighted by Gasteiger charge is 2.33. The fraction of sp³-hybridized carbons (Fsp3) is 0.436. The van der Waals surface area contributed by atoms with Gasteiger partial charge in [-0.25, -0.2) is 18.2 Å². The first-order valence-electron chi connectivity index (χ1n) is 19.2. The Morgan fingerprint density at radius 1 is 0.948 bits per heavy atom. The van der Waals surface area contributed by atoms with Gasteiger partial charge in [0.25, 0.3) is 5.56 Å². The molecule has 8 rings (SSSR count). The van der Waals surface area contributed by atoms with Crippen LogP contribution in [0.25, 0.3) is 21.9 Å². The van der Waals surface area contributed by atoms with Gasteiger partial charge in [0.15, 0.2) is 5.82 Å². The minimum Gasteiger partial charge on any atom is -0.351 e. The summed E-state index contributed by atoms with van der Waals surface area (Å²) in [7, 11) is -1.95. The van der Waals surface area contributed by atoms with Crippen molar-refractivity contribution < 1.29 is 31.2 Å². The second-order valence-electron chi connectivity index (χ2n) is 15.3. The van der Waals surface area contributed by atoms with E-state index in [1.54, 1.807) is 22.9 Å². The van der Waals surface area contributed by atoms with E-state index in [0.717, 1.165) is 42.4 Å². The van der Waals surface area contributed by atoms with Crippen LogP contribution in [0.2, 0.25) is 0 Å². The SMILES string of the molecule is Cc1cc2cnc(NC3CCN(S(=O)(=O)c4cccc(CN5CCC(c6ccc7c(N8CCC(=O)NC8=O)nn(C)c7c6)CC5)c4)CC3)nc2n(CC(F)(F)F)c1=O. The van der Waals surface area contributed by atoms with Gasteiger partial charge in [-0.15, -0.1) is 0 Å². The third kappa shape index (κ3) is 8.02. The van der Waals surface area contributed by atoms with E-state index in [1.165, 1.54) is 34.0 Å². The number of urea groups is 1. The zero-order valence-corrected chi connectivity index (χ0v) is 32.8. The van der Waals surface area contributed by atoms with Crippen molar-refractivity contribution in [1.29, 1.82) is 0 Å². The first-order chi connectivity index (χ1) is 27.6. The lowest BCUT2D eigenvalue weighted by Crippen LogP contribution is -2.49. The number of nitrogens with zero attached hydrogens (tertiary/aromatic N) is 8. The molecule has 0 radical (unpaired) electrons. The van der Waals surface area contributed by atoms with E-state index in [0.29, 0.717) is 41.1 Å². The maximum absolute atomic E-state index is 13.8. The van der Waals surface area contributed by atoms with Crippen LogP contribution in [-0.4, -0.2) is 98.8 Å². The second kappa shape index (κ2) is 15.4. The van der Waals surface area contributed by atoms with Gasteiger partial charge < -0.3 is 5.32 Å². The molecule has 0 saturated carbocycles. The minimum absolute atomic E-state index is 0.0678. The number of benzene rings is 2. The highest BCUT2D eigenvalue weighted by molar-refractivity contribution is 7.89. The molecule has 6 heterocycles. The lowest BCUT2D eigenvalue weighted by Gasteiger charge is -2.33. The molecular formula is C39H43F3N10O5S. The minimum atomic E-state index is -4.62. The number of amides is 3. The second-order valence-corrected chi connectivity index (χ2v) is 17.2. The van der Waals surface area contributed by atoms with Crippen molar-refractivity contribution in [2.24, 2.45) is 7.05 Å². The van der Waals surface area contributed by atoms with Crippen molar-refractivity contribution in [2.45, 2.75) is 75.1 Å². The molecule has 3 aliphatic heterocycles. The number of sulfonamides is 1. The molecule has 3 saturated heterocycles. The highest BCUT2D eigenvalue weighted by atomic mass is 32.2. The number of piperidine rings is 2. The van der Waals surface area contributed by atoms with Crippen molar-refractivity contribution in [1.82, 2.24) is 38.8 Å². The summed E-state index contributed by atoms with van der Waals surface area (Å²) in [5, 5.41) is 11.2. The Labute approximate surface area is 331 Å². The number of fused-ring (bicyclic) bond motifs is 2. The van der Waals surface area contributed by atoms with Crippen LogP contribution in [-0.2, 0) is 35.0 Å². The maximum atomic E-state index is 13.8. The predicted octanol–water partition coefficient (Wildman–Crippen LogP) is 4.64. The van der Waals surface area contributed by atoms with Crippen molar-refractivity contribution >= 4 is 55.7 Å². The van der Waals surface area contributed by atoms with Crippen molar-refractivity contribution in [2.75, 3.05) is 42.9 Å². The molecule has 0 atom stereocenters. The lowest BCUT2D eigenvalue weighted by molar-refractivity contribution is -0.140. The molecule has 19 heteroatoms. The van der Waals surface area contributed by atoms with Gasteiger partial charge in [-0.05, 0) is 93.1 Å². The standard InChI is InChI=1S/C39H43F3N10O5S/c1-24-18-28-21-43-37(46-34(28)52(36(24)54)23-39(40,41)42)44-29-10-15-50(16-11-29)58(56,57)30-5-3-4-25(19-30)22-49-13-8-26(9-14-49)27-6-7-31-32(20-27)48(2)47-35(31)51-17-12-33(53)45-38(51)55/h3-7,18-21,26,29H,8-17,22-23H2,1-2H3,(H,43,44,46)(H,45,53,55). The Balaban J connectivity index is 0.866. The van der Waals surface area contributed by atoms with E-state index in [-0.39, 0.29) is 60.1 Å². The Morgan fingerprint density at radius 2 is 1.71 bits per heavy atom. The van der Waals surface area contributed by atoms with E-state index in [9.17, 15) is 36.0 Å². The number of nitrogens with one attached hydrogen (secondary N) is 2. The van der Waals surface area contributed by atoms with Gasteiger partial charge in [0, 0.05) is 68.2 Å². The van der Waals surface area contributed by atoms with Gasteiger partial charge in [-0.1, -0.05) is 18.2 Å². The van der Waals surface area contributed by atoms with Crippen molar-refractivity contribution in [3.63, 3.8) is 0 Å². The molecule has 2 aromatic carbocycles. The molecule has 5 aromatic rings. The Hall–Kier alpha value is -5.40. The normalized spacial score (nSPS) is 18.3. The number of carbonyl (C=O) groups excluding carboxylic acids is 2. The fourth-order valence-corrected chi connectivity index (χ4v) is 9.77. The summed E-state index contributed by atoms with van der Waals surface area (Å²) >= 11 is 0. The number of aromatic nitrogens is 5. The van der Waals surface area contributed by atoms with Gasteiger partial charge >= 0.3 is 12.2 Å². The smallest absolute Gasteiger partial charge is 0.351 e. The Morgan fingerprint density at radius 3 is 2.43 bits per heavy atom. The molecule has 2 N–H and O–H groups in total. The molecule has 0 aliphatic carbocycles. The zero-order chi connectivity index (χ0) is 40.9. The van der Waals surface area contributed by atoms with Crippen LogP contribution in [0.15, 0.2) is 64.4 Å². The summed E-state index contributed by atoms with van der Waals surface area (Å²) in [6, 6.07) is 14.0. The zero-order valence-electron chi connectivity index (χ0n) is 32.0. The third-order valence-electron chi connectivity index (χ3n) is 11.3. The molecule has 58 heavy (non-hydrogen) atoms. The maximum Gasteiger partial charge on any atom is 0.406 e. The average molecular weight is 821 g/mol. The molecule has 3 amide bonds. The number of pyridine rings is 1. The van der Waals surface area contributed by atoms with Gasteiger partial charge in [0.05, 0.1) is 10.4 Å². The molecule has 3 fully saturated rings. The number of anilines is 2.